The molecule has 0 spiro atoms. The molecule has 0 aliphatic heterocycles. The first-order valence-corrected chi connectivity index (χ1v) is 13.5. The molecule has 4 N–H and O–H groups in total. The molecule has 0 amide bonds. The zero-order valence-electron chi connectivity index (χ0n) is 25.7. The molecule has 0 rings (SSSR count). The molecule has 200 valence electrons. The van der Waals surface area contributed by atoms with E-state index in [1.165, 1.54) is 0 Å². The minimum absolute atomic E-state index is 0.000737. The third kappa shape index (κ3) is 10.6. The van der Waals surface area contributed by atoms with Gasteiger partial charge in [0, 0.05) is 17.1 Å². The van der Waals surface area contributed by atoms with Crippen molar-refractivity contribution in [1.29, 1.82) is 0 Å². The van der Waals surface area contributed by atoms with Gasteiger partial charge in [-0.15, -0.1) is 0 Å². The van der Waals surface area contributed by atoms with Crippen LogP contribution in [0.15, 0.2) is 0 Å². The fourth-order valence-electron chi connectivity index (χ4n) is 7.95. The summed E-state index contributed by atoms with van der Waals surface area (Å²) in [5, 5.41) is 15.4. The zero-order valence-corrected chi connectivity index (χ0v) is 25.7. The van der Waals surface area contributed by atoms with E-state index in [1.54, 1.807) is 0 Å². The molecule has 33 heavy (non-hydrogen) atoms. The highest BCUT2D eigenvalue weighted by atomic mass is 16.3. The van der Waals surface area contributed by atoms with Gasteiger partial charge >= 0.3 is 0 Å². The van der Waals surface area contributed by atoms with Crippen molar-refractivity contribution in [3.63, 3.8) is 0 Å². The van der Waals surface area contributed by atoms with E-state index in [2.05, 4.69) is 116 Å². The van der Waals surface area contributed by atoms with Crippen molar-refractivity contribution in [3.8, 4) is 0 Å². The molecule has 0 aromatic heterocycles. The minimum atomic E-state index is -0.363. The van der Waals surface area contributed by atoms with Crippen molar-refractivity contribution in [1.82, 2.24) is 5.32 Å². The maximum Gasteiger partial charge on any atom is 0.0642 e. The average Bonchev–Trinajstić information content (AvgIpc) is 2.47. The van der Waals surface area contributed by atoms with Crippen LogP contribution >= 0.6 is 0 Å². The molecule has 0 saturated carbocycles. The number of hydrogen-bond donors (Lipinski definition) is 3. The van der Waals surface area contributed by atoms with Gasteiger partial charge in [0.2, 0.25) is 0 Å². The van der Waals surface area contributed by atoms with Gasteiger partial charge in [-0.1, -0.05) is 83.1 Å². The summed E-state index contributed by atoms with van der Waals surface area (Å²) < 4.78 is 0. The van der Waals surface area contributed by atoms with E-state index in [9.17, 15) is 5.11 Å². The standard InChI is InChI=1S/C30H64N2O/c1-21(2)17-25(5,6)23(31)27(9,10)19-29(13,14)32-30(15,16)20-28(11,12)24(33)26(7,8)18-22(3)4/h21-24,32-33H,17-20,31H2,1-16H3. The molecule has 2 unspecified atom stereocenters. The highest BCUT2D eigenvalue weighted by Gasteiger charge is 2.45. The van der Waals surface area contributed by atoms with Crippen LogP contribution in [0.3, 0.4) is 0 Å². The fraction of sp³-hybridized carbons (Fsp3) is 1.00. The fourth-order valence-corrected chi connectivity index (χ4v) is 7.95. The zero-order chi connectivity index (χ0) is 26.8. The summed E-state index contributed by atoms with van der Waals surface area (Å²) in [4.78, 5) is 0. The lowest BCUT2D eigenvalue weighted by Crippen LogP contribution is -2.59. The van der Waals surface area contributed by atoms with Crippen LogP contribution in [0, 0.1) is 33.5 Å². The van der Waals surface area contributed by atoms with E-state index in [0.29, 0.717) is 11.8 Å². The molecule has 0 aliphatic rings. The summed E-state index contributed by atoms with van der Waals surface area (Å²) in [7, 11) is 0. The first kappa shape index (κ1) is 32.9. The van der Waals surface area contributed by atoms with Crippen molar-refractivity contribution >= 4 is 0 Å². The largest absolute Gasteiger partial charge is 0.392 e. The Kier molecular flexibility index (Phi) is 10.8. The molecule has 0 heterocycles. The quantitative estimate of drug-likeness (QED) is 0.244. The number of aliphatic hydroxyl groups is 1. The topological polar surface area (TPSA) is 58.3 Å². The van der Waals surface area contributed by atoms with Gasteiger partial charge in [0.25, 0.3) is 0 Å². The third-order valence-corrected chi connectivity index (χ3v) is 7.50. The van der Waals surface area contributed by atoms with Crippen LogP contribution in [0.2, 0.25) is 0 Å². The first-order valence-electron chi connectivity index (χ1n) is 13.5. The molecule has 0 aromatic carbocycles. The van der Waals surface area contributed by atoms with Crippen LogP contribution in [0.5, 0.6) is 0 Å². The Morgan fingerprint density at radius 3 is 1.27 bits per heavy atom. The van der Waals surface area contributed by atoms with Crippen LogP contribution in [0.1, 0.15) is 136 Å². The van der Waals surface area contributed by atoms with Crippen LogP contribution in [0.25, 0.3) is 0 Å². The van der Waals surface area contributed by atoms with E-state index in [0.717, 1.165) is 25.7 Å². The Bertz CT molecular complexity index is 544. The van der Waals surface area contributed by atoms with Crippen LogP contribution < -0.4 is 11.1 Å². The minimum Gasteiger partial charge on any atom is -0.392 e. The number of hydrogen-bond acceptors (Lipinski definition) is 3. The molecular formula is C30H64N2O. The highest BCUT2D eigenvalue weighted by molar-refractivity contribution is 5.01. The molecule has 3 nitrogen and oxygen atoms in total. The van der Waals surface area contributed by atoms with Crippen LogP contribution in [-0.2, 0) is 0 Å². The van der Waals surface area contributed by atoms with Gasteiger partial charge in [0.15, 0.2) is 0 Å². The summed E-state index contributed by atoms with van der Waals surface area (Å²) in [6, 6.07) is 0.117. The molecule has 0 saturated heterocycles. The van der Waals surface area contributed by atoms with Gasteiger partial charge in [-0.25, -0.2) is 0 Å². The second kappa shape index (κ2) is 10.9. The number of nitrogens with two attached hydrogens (primary N) is 1. The maximum absolute atomic E-state index is 11.4. The van der Waals surface area contributed by atoms with Crippen molar-refractivity contribution in [3.05, 3.63) is 0 Å². The summed E-state index contributed by atoms with van der Waals surface area (Å²) in [6.45, 7) is 36.4. The highest BCUT2D eigenvalue weighted by Crippen LogP contribution is 2.45. The normalized spacial score (nSPS) is 17.1. The molecule has 2 atom stereocenters. The summed E-state index contributed by atoms with van der Waals surface area (Å²) in [6.07, 6.45) is 3.69. The second-order valence-electron chi connectivity index (χ2n) is 16.3. The maximum atomic E-state index is 11.4. The predicted molar refractivity (Wildman–Crippen MR) is 149 cm³/mol. The van der Waals surface area contributed by atoms with Gasteiger partial charge in [0.05, 0.1) is 6.10 Å². The van der Waals surface area contributed by atoms with Crippen LogP contribution in [0.4, 0.5) is 0 Å². The molecule has 0 fully saturated rings. The van der Waals surface area contributed by atoms with Crippen molar-refractivity contribution in [2.45, 2.75) is 160 Å². The number of aliphatic hydroxyl groups excluding tert-OH is 1. The Balaban J connectivity index is 5.49. The van der Waals surface area contributed by atoms with Gasteiger partial charge < -0.3 is 16.2 Å². The Morgan fingerprint density at radius 1 is 0.576 bits per heavy atom. The third-order valence-electron chi connectivity index (χ3n) is 7.50. The number of rotatable bonds is 14. The van der Waals surface area contributed by atoms with Gasteiger partial charge in [-0.3, -0.25) is 0 Å². The van der Waals surface area contributed by atoms with Gasteiger partial charge in [0.1, 0.15) is 0 Å². The second-order valence-corrected chi connectivity index (χ2v) is 16.3. The lowest BCUT2D eigenvalue weighted by molar-refractivity contribution is -0.0645. The van der Waals surface area contributed by atoms with E-state index in [-0.39, 0.29) is 44.9 Å². The predicted octanol–water partition coefficient (Wildman–Crippen LogP) is 7.80. The van der Waals surface area contributed by atoms with Crippen molar-refractivity contribution in [2.24, 2.45) is 39.2 Å². The van der Waals surface area contributed by atoms with Crippen molar-refractivity contribution < 1.29 is 5.11 Å². The molecule has 0 radical (unpaired) electrons. The molecule has 0 bridgehead atoms. The van der Waals surface area contributed by atoms with Gasteiger partial charge in [-0.2, -0.15) is 0 Å². The van der Waals surface area contributed by atoms with Gasteiger partial charge in [-0.05, 0) is 86.9 Å². The smallest absolute Gasteiger partial charge is 0.0642 e. The van der Waals surface area contributed by atoms with Crippen LogP contribution in [-0.4, -0.2) is 28.3 Å². The Hall–Kier alpha value is -0.120. The summed E-state index contributed by atoms with van der Waals surface area (Å²) in [5.74, 6) is 1.21. The first-order chi connectivity index (χ1) is 14.3. The monoisotopic (exact) mass is 469 g/mol. The van der Waals surface area contributed by atoms with E-state index < -0.39 is 0 Å². The lowest BCUT2D eigenvalue weighted by atomic mass is 9.63. The lowest BCUT2D eigenvalue weighted by Gasteiger charge is -2.50. The van der Waals surface area contributed by atoms with E-state index in [4.69, 9.17) is 5.73 Å². The molecule has 3 heteroatoms. The molecular weight excluding hydrogens is 404 g/mol. The SMILES string of the molecule is CC(C)CC(C)(C)C(N)C(C)(C)CC(C)(C)NC(C)(C)CC(C)(C)C(O)C(C)(C)CC(C)C. The van der Waals surface area contributed by atoms with E-state index >= 15 is 0 Å². The average molecular weight is 469 g/mol. The summed E-state index contributed by atoms with van der Waals surface area (Å²) in [5.41, 5.74) is 6.51. The Labute approximate surface area is 209 Å². The molecule has 0 aliphatic carbocycles. The molecule has 0 aromatic rings. The number of nitrogens with one attached hydrogen (secondary N) is 1. The summed E-state index contributed by atoms with van der Waals surface area (Å²) >= 11 is 0. The van der Waals surface area contributed by atoms with Crippen molar-refractivity contribution in [2.75, 3.05) is 0 Å². The van der Waals surface area contributed by atoms with E-state index in [1.807, 2.05) is 0 Å². The Morgan fingerprint density at radius 2 is 0.909 bits per heavy atom.